The molecule has 2 N–H and O–H groups in total. The molecule has 3 rings (SSSR count). The Hall–Kier alpha value is -1.83. The van der Waals surface area contributed by atoms with Gasteiger partial charge < -0.3 is 24.5 Å². The highest BCUT2D eigenvalue weighted by Gasteiger charge is 2.21. The van der Waals surface area contributed by atoms with Crippen molar-refractivity contribution in [1.82, 2.24) is 9.55 Å². The molecule has 1 aliphatic carbocycles. The van der Waals surface area contributed by atoms with Crippen molar-refractivity contribution in [1.29, 1.82) is 0 Å². The molecule has 2 aromatic heterocycles. The van der Waals surface area contributed by atoms with Crippen LogP contribution in [0.25, 0.3) is 17.1 Å². The molecule has 2 heterocycles. The van der Waals surface area contributed by atoms with Gasteiger partial charge in [0.05, 0.1) is 25.2 Å². The Morgan fingerprint density at radius 2 is 2.03 bits per heavy atom. The smallest absolute Gasteiger partial charge is 0.143 e. The van der Waals surface area contributed by atoms with Gasteiger partial charge in [0.1, 0.15) is 12.4 Å². The summed E-state index contributed by atoms with van der Waals surface area (Å²) in [5.41, 5.74) is 3.00. The van der Waals surface area contributed by atoms with Crippen LogP contribution in [0.15, 0.2) is 24.7 Å². The summed E-state index contributed by atoms with van der Waals surface area (Å²) in [5.74, 6) is 0. The Balaban J connectivity index is 1.80. The predicted molar refractivity (Wildman–Crippen MR) is 122 cm³/mol. The van der Waals surface area contributed by atoms with Crippen molar-refractivity contribution in [3.05, 3.63) is 30.3 Å². The fourth-order valence-electron chi connectivity index (χ4n) is 3.65. The standard InChI is InChI=1S/C22H35N3O3Si/c1-27-12-10-17-15-23-22-20(21(17)24-18-5-7-19(26)8-6-18)9-11-25(22)16-28-13-14-29(2,3)4/h9-12,15,18-19,26H,5-8,13-14,16H2,1-4H3,(H,23,24). The molecule has 160 valence electrons. The molecule has 0 atom stereocenters. The predicted octanol–water partition coefficient (Wildman–Crippen LogP) is 4.68. The van der Waals surface area contributed by atoms with Gasteiger partial charge >= 0.3 is 0 Å². The van der Waals surface area contributed by atoms with E-state index in [9.17, 15) is 5.11 Å². The number of methoxy groups -OCH3 is 1. The molecular weight excluding hydrogens is 382 g/mol. The van der Waals surface area contributed by atoms with Crippen LogP contribution in [0.4, 0.5) is 5.69 Å². The Labute approximate surface area is 174 Å². The molecule has 0 amide bonds. The van der Waals surface area contributed by atoms with E-state index in [0.717, 1.165) is 60.6 Å². The lowest BCUT2D eigenvalue weighted by Gasteiger charge is -2.28. The van der Waals surface area contributed by atoms with Crippen molar-refractivity contribution < 1.29 is 14.6 Å². The van der Waals surface area contributed by atoms with E-state index >= 15 is 0 Å². The molecule has 0 radical (unpaired) electrons. The van der Waals surface area contributed by atoms with E-state index in [-0.39, 0.29) is 6.10 Å². The lowest BCUT2D eigenvalue weighted by Crippen LogP contribution is -2.28. The van der Waals surface area contributed by atoms with Crippen LogP contribution in [0.5, 0.6) is 0 Å². The second kappa shape index (κ2) is 9.78. The molecule has 1 fully saturated rings. The Morgan fingerprint density at radius 3 is 2.72 bits per heavy atom. The van der Waals surface area contributed by atoms with Gasteiger partial charge in [-0.25, -0.2) is 4.98 Å². The number of aliphatic hydroxyl groups is 1. The number of fused-ring (bicyclic) bond motifs is 1. The molecule has 0 spiro atoms. The van der Waals surface area contributed by atoms with Gasteiger partial charge in [-0.15, -0.1) is 0 Å². The van der Waals surface area contributed by atoms with E-state index in [1.54, 1.807) is 13.4 Å². The number of aromatic nitrogens is 2. The Bertz CT molecular complexity index is 821. The summed E-state index contributed by atoms with van der Waals surface area (Å²) < 4.78 is 13.1. The first kappa shape index (κ1) is 21.9. The third kappa shape index (κ3) is 6.07. The van der Waals surface area contributed by atoms with E-state index in [0.29, 0.717) is 12.8 Å². The lowest BCUT2D eigenvalue weighted by atomic mass is 9.92. The van der Waals surface area contributed by atoms with Crippen molar-refractivity contribution in [3.63, 3.8) is 0 Å². The van der Waals surface area contributed by atoms with Gasteiger partial charge in [-0.2, -0.15) is 0 Å². The van der Waals surface area contributed by atoms with E-state index in [1.165, 1.54) is 0 Å². The number of rotatable bonds is 9. The molecular formula is C22H35N3O3Si. The van der Waals surface area contributed by atoms with Crippen molar-refractivity contribution in [2.24, 2.45) is 0 Å². The van der Waals surface area contributed by atoms with Crippen LogP contribution in [0, 0.1) is 0 Å². The van der Waals surface area contributed by atoms with E-state index in [1.807, 2.05) is 18.5 Å². The van der Waals surface area contributed by atoms with Crippen molar-refractivity contribution in [2.75, 3.05) is 19.0 Å². The maximum absolute atomic E-state index is 9.81. The van der Waals surface area contributed by atoms with Crippen LogP contribution < -0.4 is 5.32 Å². The number of ether oxygens (including phenoxy) is 2. The van der Waals surface area contributed by atoms with Crippen LogP contribution in [-0.2, 0) is 16.2 Å². The van der Waals surface area contributed by atoms with E-state index in [4.69, 9.17) is 14.5 Å². The van der Waals surface area contributed by atoms with Gasteiger partial charge in [0.25, 0.3) is 0 Å². The number of nitrogens with one attached hydrogen (secondary N) is 1. The number of anilines is 1. The molecule has 0 aliphatic heterocycles. The number of hydrogen-bond donors (Lipinski definition) is 2. The van der Waals surface area contributed by atoms with Crippen LogP contribution in [0.2, 0.25) is 25.7 Å². The van der Waals surface area contributed by atoms with Gasteiger partial charge in [-0.05, 0) is 43.9 Å². The SMILES string of the molecule is COC=Cc1cnc2c(ccn2COCC[Si](C)(C)C)c1NC1CCC(O)CC1. The van der Waals surface area contributed by atoms with Crippen LogP contribution in [0.1, 0.15) is 31.2 Å². The normalized spacial score (nSPS) is 20.4. The highest BCUT2D eigenvalue weighted by molar-refractivity contribution is 6.76. The molecule has 1 aliphatic rings. The quantitative estimate of drug-likeness (QED) is 0.352. The molecule has 1 saturated carbocycles. The summed E-state index contributed by atoms with van der Waals surface area (Å²) in [4.78, 5) is 4.69. The van der Waals surface area contributed by atoms with Crippen LogP contribution >= 0.6 is 0 Å². The Morgan fingerprint density at radius 1 is 1.28 bits per heavy atom. The summed E-state index contributed by atoms with van der Waals surface area (Å²) in [7, 11) is 0.556. The summed E-state index contributed by atoms with van der Waals surface area (Å²) >= 11 is 0. The summed E-state index contributed by atoms with van der Waals surface area (Å²) in [5, 5.41) is 14.6. The minimum atomic E-state index is -1.09. The zero-order valence-corrected chi connectivity index (χ0v) is 19.1. The molecule has 6 nitrogen and oxygen atoms in total. The zero-order valence-electron chi connectivity index (χ0n) is 18.1. The first-order valence-electron chi connectivity index (χ1n) is 10.6. The minimum Gasteiger partial charge on any atom is -0.504 e. The molecule has 0 saturated heterocycles. The average Bonchev–Trinajstić information content (AvgIpc) is 3.09. The minimum absolute atomic E-state index is 0.159. The van der Waals surface area contributed by atoms with Crippen LogP contribution in [-0.4, -0.2) is 48.6 Å². The fraction of sp³-hybridized carbons (Fsp3) is 0.591. The summed E-state index contributed by atoms with van der Waals surface area (Å²) in [6.45, 7) is 8.39. The topological polar surface area (TPSA) is 68.5 Å². The molecule has 29 heavy (non-hydrogen) atoms. The van der Waals surface area contributed by atoms with Gasteiger partial charge in [-0.3, -0.25) is 0 Å². The van der Waals surface area contributed by atoms with Crippen molar-refractivity contribution >= 4 is 30.9 Å². The summed E-state index contributed by atoms with van der Waals surface area (Å²) in [6, 6.07) is 3.62. The number of pyridine rings is 1. The van der Waals surface area contributed by atoms with Crippen molar-refractivity contribution in [3.8, 4) is 0 Å². The average molecular weight is 418 g/mol. The third-order valence-electron chi connectivity index (χ3n) is 5.47. The number of hydrogen-bond acceptors (Lipinski definition) is 5. The van der Waals surface area contributed by atoms with E-state index < -0.39 is 8.07 Å². The number of nitrogens with zero attached hydrogens (tertiary/aromatic N) is 2. The Kier molecular flexibility index (Phi) is 7.37. The van der Waals surface area contributed by atoms with Gasteiger partial charge in [-0.1, -0.05) is 19.6 Å². The van der Waals surface area contributed by atoms with Gasteiger partial charge in [0.15, 0.2) is 0 Å². The highest BCUT2D eigenvalue weighted by Crippen LogP contribution is 2.31. The second-order valence-corrected chi connectivity index (χ2v) is 14.8. The van der Waals surface area contributed by atoms with E-state index in [2.05, 4.69) is 35.6 Å². The van der Waals surface area contributed by atoms with Gasteiger partial charge in [0, 0.05) is 44.1 Å². The zero-order chi connectivity index (χ0) is 20.9. The largest absolute Gasteiger partial charge is 0.504 e. The molecule has 0 bridgehead atoms. The molecule has 0 aromatic carbocycles. The summed E-state index contributed by atoms with van der Waals surface area (Å²) in [6.07, 6.45) is 11.0. The maximum atomic E-state index is 9.81. The molecule has 2 aromatic rings. The fourth-order valence-corrected chi connectivity index (χ4v) is 4.41. The van der Waals surface area contributed by atoms with Crippen LogP contribution in [0.3, 0.4) is 0 Å². The first-order valence-corrected chi connectivity index (χ1v) is 14.3. The lowest BCUT2D eigenvalue weighted by molar-refractivity contribution is 0.0899. The monoisotopic (exact) mass is 417 g/mol. The maximum Gasteiger partial charge on any atom is 0.143 e. The van der Waals surface area contributed by atoms with Crippen molar-refractivity contribution in [2.45, 2.75) is 70.2 Å². The third-order valence-corrected chi connectivity index (χ3v) is 7.18. The van der Waals surface area contributed by atoms with Gasteiger partial charge in [0.2, 0.25) is 0 Å². The number of aliphatic hydroxyl groups excluding tert-OH is 1. The highest BCUT2D eigenvalue weighted by atomic mass is 28.3. The molecule has 7 heteroatoms. The second-order valence-electron chi connectivity index (χ2n) is 9.15. The molecule has 0 unspecified atom stereocenters. The first-order chi connectivity index (χ1) is 13.9.